The third-order valence-corrected chi connectivity index (χ3v) is 3.37. The zero-order valence-electron chi connectivity index (χ0n) is 9.72. The summed E-state index contributed by atoms with van der Waals surface area (Å²) in [6, 6.07) is 1.61. The number of nitrogens with zero attached hydrogens (tertiary/aromatic N) is 2. The van der Waals surface area contributed by atoms with E-state index in [0.29, 0.717) is 40.6 Å². The van der Waals surface area contributed by atoms with Gasteiger partial charge in [-0.05, 0) is 22.0 Å². The van der Waals surface area contributed by atoms with Gasteiger partial charge in [0.2, 0.25) is 11.7 Å². The van der Waals surface area contributed by atoms with Crippen LogP contribution in [0.2, 0.25) is 0 Å². The summed E-state index contributed by atoms with van der Waals surface area (Å²) in [7, 11) is 0. The van der Waals surface area contributed by atoms with Gasteiger partial charge in [-0.25, -0.2) is 0 Å². The van der Waals surface area contributed by atoms with Gasteiger partial charge in [0.25, 0.3) is 0 Å². The van der Waals surface area contributed by atoms with Crippen molar-refractivity contribution in [3.05, 3.63) is 16.4 Å². The van der Waals surface area contributed by atoms with Crippen LogP contribution in [0.3, 0.4) is 0 Å². The number of phenols is 1. The maximum atomic E-state index is 10.2. The van der Waals surface area contributed by atoms with Gasteiger partial charge < -0.3 is 24.8 Å². The third kappa shape index (κ3) is 2.02. The van der Waals surface area contributed by atoms with E-state index in [4.69, 9.17) is 19.7 Å². The number of aromatic nitrogens is 2. The maximum Gasteiger partial charge on any atom is 0.240 e. The molecule has 1 aromatic heterocycles. The van der Waals surface area contributed by atoms with Crippen LogP contribution in [0.15, 0.2) is 15.1 Å². The predicted molar refractivity (Wildman–Crippen MR) is 68.0 cm³/mol. The summed E-state index contributed by atoms with van der Waals surface area (Å²) in [6.07, 6.45) is 0. The highest BCUT2D eigenvalue weighted by Gasteiger charge is 2.24. The minimum Gasteiger partial charge on any atom is -0.506 e. The summed E-state index contributed by atoms with van der Waals surface area (Å²) in [4.78, 5) is 4.07. The molecule has 0 amide bonds. The topological polar surface area (TPSA) is 104 Å². The highest BCUT2D eigenvalue weighted by Crippen LogP contribution is 2.47. The quantitative estimate of drug-likeness (QED) is 0.859. The second-order valence-corrected chi connectivity index (χ2v) is 4.62. The number of phenolic OH excluding ortho intramolecular Hbond substituents is 1. The van der Waals surface area contributed by atoms with Crippen molar-refractivity contribution in [2.75, 3.05) is 13.2 Å². The van der Waals surface area contributed by atoms with Crippen LogP contribution in [0, 0.1) is 0 Å². The summed E-state index contributed by atoms with van der Waals surface area (Å²) < 4.78 is 16.2. The first kappa shape index (κ1) is 12.2. The van der Waals surface area contributed by atoms with Gasteiger partial charge in [0, 0.05) is 0 Å². The Kier molecular flexibility index (Phi) is 3.03. The van der Waals surface area contributed by atoms with Gasteiger partial charge in [0.15, 0.2) is 11.5 Å². The van der Waals surface area contributed by atoms with E-state index in [2.05, 4.69) is 26.1 Å². The molecule has 0 saturated carbocycles. The molecule has 0 radical (unpaired) electrons. The molecule has 8 heteroatoms. The van der Waals surface area contributed by atoms with Crippen molar-refractivity contribution >= 4 is 15.9 Å². The van der Waals surface area contributed by atoms with Crippen LogP contribution >= 0.6 is 15.9 Å². The van der Waals surface area contributed by atoms with Crippen LogP contribution in [-0.2, 0) is 6.54 Å². The van der Waals surface area contributed by atoms with Crippen molar-refractivity contribution < 1.29 is 19.1 Å². The number of rotatable bonds is 2. The summed E-state index contributed by atoms with van der Waals surface area (Å²) in [5.74, 6) is 1.49. The first-order valence-corrected chi connectivity index (χ1v) is 6.34. The Hall–Kier alpha value is -1.80. The van der Waals surface area contributed by atoms with E-state index in [1.54, 1.807) is 6.07 Å². The summed E-state index contributed by atoms with van der Waals surface area (Å²) in [5.41, 5.74) is 5.80. The van der Waals surface area contributed by atoms with Crippen LogP contribution in [0.1, 0.15) is 5.89 Å². The van der Waals surface area contributed by atoms with Gasteiger partial charge in [-0.3, -0.25) is 0 Å². The van der Waals surface area contributed by atoms with Gasteiger partial charge in [0.05, 0.1) is 12.1 Å². The molecule has 0 bridgehead atoms. The second-order valence-electron chi connectivity index (χ2n) is 3.83. The first-order valence-electron chi connectivity index (χ1n) is 5.54. The van der Waals surface area contributed by atoms with Crippen molar-refractivity contribution in [3.8, 4) is 28.6 Å². The number of nitrogens with two attached hydrogens (primary N) is 1. The second kappa shape index (κ2) is 4.71. The average molecular weight is 328 g/mol. The Labute approximate surface area is 116 Å². The molecule has 0 aliphatic carbocycles. The fraction of sp³-hybridized carbons (Fsp3) is 0.273. The van der Waals surface area contributed by atoms with E-state index in [1.165, 1.54) is 0 Å². The Balaban J connectivity index is 2.13. The molecule has 0 fully saturated rings. The summed E-state index contributed by atoms with van der Waals surface area (Å²) >= 11 is 3.27. The molecular formula is C11H10BrN3O4. The lowest BCUT2D eigenvalue weighted by molar-refractivity contribution is 0.169. The molecule has 2 aromatic rings. The largest absolute Gasteiger partial charge is 0.506 e. The molecule has 1 aromatic carbocycles. The maximum absolute atomic E-state index is 10.2. The molecule has 1 aliphatic heterocycles. The minimum atomic E-state index is -0.0337. The van der Waals surface area contributed by atoms with E-state index >= 15 is 0 Å². The fourth-order valence-corrected chi connectivity index (χ4v) is 2.28. The Morgan fingerprint density at radius 1 is 1.37 bits per heavy atom. The van der Waals surface area contributed by atoms with Crippen LogP contribution in [0.4, 0.5) is 0 Å². The lowest BCUT2D eigenvalue weighted by atomic mass is 10.1. The smallest absolute Gasteiger partial charge is 0.240 e. The molecule has 19 heavy (non-hydrogen) atoms. The Morgan fingerprint density at radius 3 is 2.89 bits per heavy atom. The number of halogens is 1. The van der Waals surface area contributed by atoms with E-state index in [9.17, 15) is 5.11 Å². The van der Waals surface area contributed by atoms with E-state index in [0.717, 1.165) is 0 Å². The molecule has 0 unspecified atom stereocenters. The minimum absolute atomic E-state index is 0.0337. The Morgan fingerprint density at radius 2 is 2.16 bits per heavy atom. The van der Waals surface area contributed by atoms with Crippen molar-refractivity contribution in [2.24, 2.45) is 5.73 Å². The van der Waals surface area contributed by atoms with Gasteiger partial charge in [-0.1, -0.05) is 5.16 Å². The Bertz CT molecular complexity index is 629. The number of benzene rings is 1. The molecule has 0 atom stereocenters. The molecular weight excluding hydrogens is 318 g/mol. The van der Waals surface area contributed by atoms with E-state index in [-0.39, 0.29) is 18.1 Å². The highest BCUT2D eigenvalue weighted by molar-refractivity contribution is 9.10. The number of aromatic hydroxyl groups is 1. The zero-order valence-corrected chi connectivity index (χ0v) is 11.3. The molecule has 0 saturated heterocycles. The third-order valence-electron chi connectivity index (χ3n) is 2.63. The molecule has 2 heterocycles. The standard InChI is InChI=1S/C11H10BrN3O4/c12-8-9(16)5(11-14-7(4-13)19-15-11)3-6-10(8)18-2-1-17-6/h3,16H,1-2,4,13H2. The van der Waals surface area contributed by atoms with Crippen LogP contribution in [0.5, 0.6) is 17.2 Å². The van der Waals surface area contributed by atoms with E-state index < -0.39 is 0 Å². The fourth-order valence-electron chi connectivity index (χ4n) is 1.75. The predicted octanol–water partition coefficient (Wildman–Crippen LogP) is 1.43. The zero-order chi connectivity index (χ0) is 13.4. The van der Waals surface area contributed by atoms with Crippen molar-refractivity contribution in [2.45, 2.75) is 6.54 Å². The normalized spacial score (nSPS) is 13.6. The summed E-state index contributed by atoms with van der Waals surface area (Å²) in [6.45, 7) is 1.02. The number of ether oxygens (including phenoxy) is 2. The average Bonchev–Trinajstić information content (AvgIpc) is 2.91. The molecule has 3 N–H and O–H groups in total. The number of fused-ring (bicyclic) bond motifs is 1. The molecule has 100 valence electrons. The van der Waals surface area contributed by atoms with Crippen LogP contribution in [-0.4, -0.2) is 28.5 Å². The van der Waals surface area contributed by atoms with Crippen molar-refractivity contribution in [3.63, 3.8) is 0 Å². The van der Waals surface area contributed by atoms with Gasteiger partial charge in [0.1, 0.15) is 23.4 Å². The SMILES string of the molecule is NCc1nc(-c2cc3c(c(Br)c2O)OCCO3)no1. The lowest BCUT2D eigenvalue weighted by Gasteiger charge is -2.20. The van der Waals surface area contributed by atoms with Crippen molar-refractivity contribution in [1.29, 1.82) is 0 Å². The van der Waals surface area contributed by atoms with Crippen LogP contribution in [0.25, 0.3) is 11.4 Å². The van der Waals surface area contributed by atoms with Gasteiger partial charge in [-0.2, -0.15) is 4.98 Å². The first-order chi connectivity index (χ1) is 9.20. The molecule has 7 nitrogen and oxygen atoms in total. The summed E-state index contributed by atoms with van der Waals surface area (Å²) in [5, 5.41) is 13.9. The van der Waals surface area contributed by atoms with Gasteiger partial charge >= 0.3 is 0 Å². The molecule has 0 spiro atoms. The molecule has 3 rings (SSSR count). The number of hydrogen-bond acceptors (Lipinski definition) is 7. The number of hydrogen-bond donors (Lipinski definition) is 2. The van der Waals surface area contributed by atoms with Gasteiger partial charge in [-0.15, -0.1) is 0 Å². The highest BCUT2D eigenvalue weighted by atomic mass is 79.9. The van der Waals surface area contributed by atoms with Crippen LogP contribution < -0.4 is 15.2 Å². The molecule has 1 aliphatic rings. The van der Waals surface area contributed by atoms with Crippen molar-refractivity contribution in [1.82, 2.24) is 10.1 Å². The van der Waals surface area contributed by atoms with E-state index in [1.807, 2.05) is 0 Å². The lowest BCUT2D eigenvalue weighted by Crippen LogP contribution is -2.15. The monoisotopic (exact) mass is 327 g/mol.